The Balaban J connectivity index is 1.55. The van der Waals surface area contributed by atoms with E-state index >= 15 is 0 Å². The lowest BCUT2D eigenvalue weighted by Gasteiger charge is -2.56. The first-order chi connectivity index (χ1) is 7.90. The third-order valence-electron chi connectivity index (χ3n) is 5.71. The van der Waals surface area contributed by atoms with Crippen molar-refractivity contribution in [2.24, 2.45) is 29.6 Å². The smallest absolute Gasteiger partial charge is 0.0623 e. The molecule has 2 heteroatoms. The molecule has 1 unspecified atom stereocenters. The molecule has 0 amide bonds. The van der Waals surface area contributed by atoms with Crippen molar-refractivity contribution in [2.45, 2.75) is 38.1 Å². The van der Waals surface area contributed by atoms with Gasteiger partial charge in [-0.3, -0.25) is 0 Å². The molecule has 4 saturated carbocycles. The molecule has 0 aromatic carbocycles. The van der Waals surface area contributed by atoms with Gasteiger partial charge in [0, 0.05) is 12.6 Å². The van der Waals surface area contributed by atoms with E-state index in [4.69, 9.17) is 4.74 Å². The highest BCUT2D eigenvalue weighted by Gasteiger charge is 2.50. The van der Waals surface area contributed by atoms with Crippen molar-refractivity contribution in [3.8, 4) is 0 Å². The molecule has 90 valence electrons. The second-order valence-electron chi connectivity index (χ2n) is 6.64. The first kappa shape index (κ1) is 9.90. The summed E-state index contributed by atoms with van der Waals surface area (Å²) < 4.78 is 5.68. The zero-order valence-corrected chi connectivity index (χ0v) is 10.0. The summed E-state index contributed by atoms with van der Waals surface area (Å²) in [6, 6.07) is 0.684. The van der Waals surface area contributed by atoms with E-state index in [1.807, 2.05) is 0 Å². The molecular formula is C14H23NO. The third-order valence-corrected chi connectivity index (χ3v) is 5.71. The van der Waals surface area contributed by atoms with Crippen LogP contribution in [0.2, 0.25) is 0 Å². The van der Waals surface area contributed by atoms with Crippen LogP contribution < -0.4 is 5.32 Å². The maximum Gasteiger partial charge on any atom is 0.0623 e. The fraction of sp³-hybridized carbons (Fsp3) is 1.00. The maximum absolute atomic E-state index is 5.68. The molecule has 1 N–H and O–H groups in total. The highest BCUT2D eigenvalue weighted by molar-refractivity contribution is 5.01. The lowest BCUT2D eigenvalue weighted by molar-refractivity contribution is -0.0738. The minimum atomic E-state index is 0.684. The van der Waals surface area contributed by atoms with Crippen molar-refractivity contribution in [3.63, 3.8) is 0 Å². The number of morpholine rings is 1. The highest BCUT2D eigenvalue weighted by Crippen LogP contribution is 2.57. The van der Waals surface area contributed by atoms with Crippen LogP contribution in [0.15, 0.2) is 0 Å². The number of hydrogen-bond donors (Lipinski definition) is 1. The van der Waals surface area contributed by atoms with Crippen LogP contribution in [0.5, 0.6) is 0 Å². The van der Waals surface area contributed by atoms with Crippen molar-refractivity contribution in [3.05, 3.63) is 0 Å². The summed E-state index contributed by atoms with van der Waals surface area (Å²) in [5, 5.41) is 3.72. The normalized spacial score (nSPS) is 55.5. The van der Waals surface area contributed by atoms with Crippen molar-refractivity contribution in [2.75, 3.05) is 19.8 Å². The highest BCUT2D eigenvalue weighted by atomic mass is 16.5. The topological polar surface area (TPSA) is 21.3 Å². The standard InChI is InChI=1S/C14H23NO/c1-2-16-8-13(15-1)14-11-4-9-3-10(6-11)7-12(14)5-9/h9-15H,1-8H2. The molecule has 5 fully saturated rings. The largest absolute Gasteiger partial charge is 0.379 e. The molecule has 16 heavy (non-hydrogen) atoms. The second kappa shape index (κ2) is 3.71. The monoisotopic (exact) mass is 221 g/mol. The van der Waals surface area contributed by atoms with E-state index in [1.54, 1.807) is 6.42 Å². The molecule has 5 rings (SSSR count). The number of ether oxygens (including phenoxy) is 1. The molecule has 2 nitrogen and oxygen atoms in total. The van der Waals surface area contributed by atoms with Crippen LogP contribution in [-0.2, 0) is 4.74 Å². The minimum Gasteiger partial charge on any atom is -0.379 e. The van der Waals surface area contributed by atoms with Crippen LogP contribution in [0, 0.1) is 29.6 Å². The molecule has 1 atom stereocenters. The molecule has 1 aliphatic heterocycles. The van der Waals surface area contributed by atoms with Gasteiger partial charge in [-0.15, -0.1) is 0 Å². The van der Waals surface area contributed by atoms with E-state index in [0.717, 1.165) is 49.3 Å². The number of hydrogen-bond acceptors (Lipinski definition) is 2. The quantitative estimate of drug-likeness (QED) is 0.731. The molecule has 0 aromatic rings. The van der Waals surface area contributed by atoms with Crippen LogP contribution in [0.25, 0.3) is 0 Å². The van der Waals surface area contributed by atoms with Crippen molar-refractivity contribution < 1.29 is 4.74 Å². The third kappa shape index (κ3) is 1.46. The van der Waals surface area contributed by atoms with Gasteiger partial charge in [0.2, 0.25) is 0 Å². The molecule has 4 aliphatic carbocycles. The van der Waals surface area contributed by atoms with E-state index in [-0.39, 0.29) is 0 Å². The SMILES string of the molecule is C1COCC(C2C3CC4CC(C3)CC2C4)N1. The molecule has 4 bridgehead atoms. The van der Waals surface area contributed by atoms with Gasteiger partial charge in [-0.1, -0.05) is 0 Å². The Morgan fingerprint density at radius 3 is 2.12 bits per heavy atom. The lowest BCUT2D eigenvalue weighted by atomic mass is 9.50. The van der Waals surface area contributed by atoms with Gasteiger partial charge in [0.25, 0.3) is 0 Å². The number of nitrogens with one attached hydrogen (secondary N) is 1. The van der Waals surface area contributed by atoms with Gasteiger partial charge >= 0.3 is 0 Å². The van der Waals surface area contributed by atoms with Crippen LogP contribution in [0.3, 0.4) is 0 Å². The molecule has 1 saturated heterocycles. The van der Waals surface area contributed by atoms with E-state index in [1.165, 1.54) is 25.7 Å². The Morgan fingerprint density at radius 2 is 1.56 bits per heavy atom. The van der Waals surface area contributed by atoms with Gasteiger partial charge in [-0.25, -0.2) is 0 Å². The van der Waals surface area contributed by atoms with Crippen molar-refractivity contribution in [1.29, 1.82) is 0 Å². The zero-order chi connectivity index (χ0) is 10.5. The minimum absolute atomic E-state index is 0.684. The molecule has 0 radical (unpaired) electrons. The molecule has 0 aromatic heterocycles. The fourth-order valence-corrected chi connectivity index (χ4v) is 5.46. The van der Waals surface area contributed by atoms with Crippen molar-refractivity contribution in [1.82, 2.24) is 5.32 Å². The zero-order valence-electron chi connectivity index (χ0n) is 10.0. The van der Waals surface area contributed by atoms with E-state index in [9.17, 15) is 0 Å². The number of rotatable bonds is 1. The van der Waals surface area contributed by atoms with Crippen LogP contribution >= 0.6 is 0 Å². The molecular weight excluding hydrogens is 198 g/mol. The van der Waals surface area contributed by atoms with Crippen LogP contribution in [0.4, 0.5) is 0 Å². The maximum atomic E-state index is 5.68. The Kier molecular flexibility index (Phi) is 2.29. The Hall–Kier alpha value is -0.0800. The predicted molar refractivity (Wildman–Crippen MR) is 63.1 cm³/mol. The second-order valence-corrected chi connectivity index (χ2v) is 6.64. The van der Waals surface area contributed by atoms with E-state index < -0.39 is 0 Å². The Labute approximate surface area is 98.1 Å². The van der Waals surface area contributed by atoms with E-state index in [2.05, 4.69) is 5.32 Å². The first-order valence-electron chi connectivity index (χ1n) is 7.21. The van der Waals surface area contributed by atoms with Crippen molar-refractivity contribution >= 4 is 0 Å². The van der Waals surface area contributed by atoms with E-state index in [0.29, 0.717) is 6.04 Å². The summed E-state index contributed by atoms with van der Waals surface area (Å²) in [5.74, 6) is 5.23. The average molecular weight is 221 g/mol. The Morgan fingerprint density at radius 1 is 0.875 bits per heavy atom. The van der Waals surface area contributed by atoms with Gasteiger partial charge in [-0.05, 0) is 61.7 Å². The van der Waals surface area contributed by atoms with Crippen LogP contribution in [-0.4, -0.2) is 25.8 Å². The summed E-state index contributed by atoms with van der Waals surface area (Å²) in [5.41, 5.74) is 0. The summed E-state index contributed by atoms with van der Waals surface area (Å²) in [6.45, 7) is 2.98. The van der Waals surface area contributed by atoms with Gasteiger partial charge in [-0.2, -0.15) is 0 Å². The lowest BCUT2D eigenvalue weighted by Crippen LogP contribution is -2.56. The first-order valence-corrected chi connectivity index (χ1v) is 7.21. The fourth-order valence-electron chi connectivity index (χ4n) is 5.46. The predicted octanol–water partition coefficient (Wildman–Crippen LogP) is 2.05. The molecule has 0 spiro atoms. The van der Waals surface area contributed by atoms with Gasteiger partial charge in [0.15, 0.2) is 0 Å². The molecule has 5 aliphatic rings. The Bertz CT molecular complexity index is 241. The van der Waals surface area contributed by atoms with Gasteiger partial charge < -0.3 is 10.1 Å². The van der Waals surface area contributed by atoms with Gasteiger partial charge in [0.05, 0.1) is 13.2 Å². The van der Waals surface area contributed by atoms with Gasteiger partial charge in [0.1, 0.15) is 0 Å². The molecule has 1 heterocycles. The van der Waals surface area contributed by atoms with Crippen LogP contribution in [0.1, 0.15) is 32.1 Å². The summed E-state index contributed by atoms with van der Waals surface area (Å²) in [7, 11) is 0. The average Bonchev–Trinajstić information content (AvgIpc) is 2.29. The summed E-state index contributed by atoms with van der Waals surface area (Å²) in [4.78, 5) is 0. The summed E-state index contributed by atoms with van der Waals surface area (Å²) in [6.07, 6.45) is 7.71. The summed E-state index contributed by atoms with van der Waals surface area (Å²) >= 11 is 0.